The van der Waals surface area contributed by atoms with Gasteiger partial charge in [0.25, 0.3) is 0 Å². The third-order valence-corrected chi connectivity index (χ3v) is 2.70. The molecule has 8 heteroatoms. The van der Waals surface area contributed by atoms with E-state index in [1.54, 1.807) is 0 Å². The first-order chi connectivity index (χ1) is 6.88. The Morgan fingerprint density at radius 3 is 2.47 bits per heavy atom. The van der Waals surface area contributed by atoms with E-state index < -0.39 is 25.5 Å². The Hall–Kier alpha value is -1.67. The maximum absolute atomic E-state index is 11.1. The molecule has 0 atom stereocenters. The minimum absolute atomic E-state index is 0.103. The van der Waals surface area contributed by atoms with Crippen LogP contribution in [0.5, 0.6) is 0 Å². The van der Waals surface area contributed by atoms with E-state index in [4.69, 9.17) is 5.14 Å². The Morgan fingerprint density at radius 2 is 2.07 bits per heavy atom. The summed E-state index contributed by atoms with van der Waals surface area (Å²) in [7, 11) is -2.64. The molecular weight excluding hydrogens is 222 g/mol. The summed E-state index contributed by atoms with van der Waals surface area (Å²) < 4.78 is 22.1. The second-order valence-corrected chi connectivity index (χ2v) is 4.23. The summed E-state index contributed by atoms with van der Waals surface area (Å²) in [5.74, 6) is 0. The molecule has 0 aliphatic rings. The lowest BCUT2D eigenvalue weighted by atomic mass is 10.3. The Bertz CT molecular complexity index is 497. The summed E-state index contributed by atoms with van der Waals surface area (Å²) in [6.45, 7) is 0. The van der Waals surface area contributed by atoms with Gasteiger partial charge in [-0.1, -0.05) is 6.07 Å². The number of primary sulfonamides is 1. The van der Waals surface area contributed by atoms with Gasteiger partial charge >= 0.3 is 5.69 Å². The number of nitrogens with zero attached hydrogens (tertiary/aromatic N) is 1. The van der Waals surface area contributed by atoms with Gasteiger partial charge in [-0.3, -0.25) is 10.1 Å². The van der Waals surface area contributed by atoms with Crippen molar-refractivity contribution >= 4 is 21.4 Å². The quantitative estimate of drug-likeness (QED) is 0.572. The molecule has 0 fully saturated rings. The van der Waals surface area contributed by atoms with Crippen molar-refractivity contribution in [2.45, 2.75) is 4.90 Å². The van der Waals surface area contributed by atoms with Crippen LogP contribution in [0.25, 0.3) is 0 Å². The topological polar surface area (TPSA) is 115 Å². The third-order valence-electron chi connectivity index (χ3n) is 1.76. The Morgan fingerprint density at radius 1 is 1.47 bits per heavy atom. The SMILES string of the molecule is CNc1cccc(S(N)(=O)=O)c1[N+](=O)[O-]. The molecule has 0 aliphatic heterocycles. The van der Waals surface area contributed by atoms with Gasteiger partial charge in [-0.25, -0.2) is 13.6 Å². The van der Waals surface area contributed by atoms with Crippen LogP contribution in [0, 0.1) is 10.1 Å². The molecule has 0 heterocycles. The van der Waals surface area contributed by atoms with E-state index in [1.165, 1.54) is 19.2 Å². The maximum atomic E-state index is 11.1. The van der Waals surface area contributed by atoms with E-state index in [9.17, 15) is 18.5 Å². The van der Waals surface area contributed by atoms with Crippen molar-refractivity contribution in [3.63, 3.8) is 0 Å². The molecule has 15 heavy (non-hydrogen) atoms. The summed E-state index contributed by atoms with van der Waals surface area (Å²) in [5.41, 5.74) is -0.436. The maximum Gasteiger partial charge on any atom is 0.312 e. The fourth-order valence-corrected chi connectivity index (χ4v) is 1.86. The molecule has 7 nitrogen and oxygen atoms in total. The van der Waals surface area contributed by atoms with E-state index in [0.29, 0.717) is 0 Å². The summed E-state index contributed by atoms with van der Waals surface area (Å²) in [6, 6.07) is 3.86. The summed E-state index contributed by atoms with van der Waals surface area (Å²) >= 11 is 0. The van der Waals surface area contributed by atoms with E-state index in [1.807, 2.05) is 0 Å². The highest BCUT2D eigenvalue weighted by atomic mass is 32.2. The summed E-state index contributed by atoms with van der Waals surface area (Å²) in [6.07, 6.45) is 0. The monoisotopic (exact) mass is 231 g/mol. The average molecular weight is 231 g/mol. The van der Waals surface area contributed by atoms with Gasteiger partial charge in [-0.15, -0.1) is 0 Å². The summed E-state index contributed by atoms with van der Waals surface area (Å²) in [4.78, 5) is 9.41. The van der Waals surface area contributed by atoms with Crippen molar-refractivity contribution in [2.24, 2.45) is 5.14 Å². The smallest absolute Gasteiger partial charge is 0.312 e. The van der Waals surface area contributed by atoms with Crippen molar-refractivity contribution in [1.82, 2.24) is 0 Å². The molecule has 0 saturated carbocycles. The van der Waals surface area contributed by atoms with E-state index in [-0.39, 0.29) is 5.69 Å². The predicted octanol–water partition coefficient (Wildman–Crippen LogP) is 0.284. The van der Waals surface area contributed by atoms with Crippen LogP contribution < -0.4 is 10.5 Å². The number of nitrogens with two attached hydrogens (primary N) is 1. The normalized spacial score (nSPS) is 11.1. The van der Waals surface area contributed by atoms with Gasteiger partial charge in [0.2, 0.25) is 10.0 Å². The highest BCUT2D eigenvalue weighted by molar-refractivity contribution is 7.89. The standard InChI is InChI=1S/C7H9N3O4S/c1-9-5-3-2-4-6(15(8,13)14)7(5)10(11)12/h2-4,9H,1H3,(H2,8,13,14). The Labute approximate surface area is 86.1 Å². The fourth-order valence-electron chi connectivity index (χ4n) is 1.14. The van der Waals surface area contributed by atoms with Crippen LogP contribution in [-0.4, -0.2) is 20.4 Å². The van der Waals surface area contributed by atoms with Gasteiger partial charge in [-0.2, -0.15) is 0 Å². The molecule has 82 valence electrons. The molecule has 0 aliphatic carbocycles. The molecular formula is C7H9N3O4S. The number of hydrogen-bond donors (Lipinski definition) is 2. The number of anilines is 1. The molecule has 0 spiro atoms. The van der Waals surface area contributed by atoms with Crippen LogP contribution in [-0.2, 0) is 10.0 Å². The van der Waals surface area contributed by atoms with Crippen LogP contribution in [0.3, 0.4) is 0 Å². The molecule has 0 unspecified atom stereocenters. The number of para-hydroxylation sites is 1. The van der Waals surface area contributed by atoms with Gasteiger partial charge in [-0.05, 0) is 12.1 Å². The van der Waals surface area contributed by atoms with Gasteiger partial charge in [0.1, 0.15) is 5.69 Å². The highest BCUT2D eigenvalue weighted by Crippen LogP contribution is 2.30. The van der Waals surface area contributed by atoms with Crippen LogP contribution in [0.2, 0.25) is 0 Å². The lowest BCUT2D eigenvalue weighted by molar-refractivity contribution is -0.386. The first kappa shape index (κ1) is 11.4. The number of benzene rings is 1. The van der Waals surface area contributed by atoms with Crippen molar-refractivity contribution in [3.05, 3.63) is 28.3 Å². The highest BCUT2D eigenvalue weighted by Gasteiger charge is 2.25. The van der Waals surface area contributed by atoms with Crippen molar-refractivity contribution in [2.75, 3.05) is 12.4 Å². The second-order valence-electron chi connectivity index (χ2n) is 2.70. The van der Waals surface area contributed by atoms with Crippen LogP contribution in [0.1, 0.15) is 0 Å². The zero-order valence-corrected chi connectivity index (χ0v) is 8.61. The molecule has 0 aromatic heterocycles. The average Bonchev–Trinajstić information content (AvgIpc) is 2.15. The zero-order valence-electron chi connectivity index (χ0n) is 7.80. The lowest BCUT2D eigenvalue weighted by Gasteiger charge is -2.05. The number of sulfonamides is 1. The molecule has 1 rings (SSSR count). The minimum atomic E-state index is -4.09. The Kier molecular flexibility index (Phi) is 2.91. The number of nitrogens with one attached hydrogen (secondary N) is 1. The first-order valence-corrected chi connectivity index (χ1v) is 5.40. The molecule has 0 saturated heterocycles. The zero-order chi connectivity index (χ0) is 11.6. The molecule has 1 aromatic carbocycles. The second kappa shape index (κ2) is 3.83. The molecule has 3 N–H and O–H groups in total. The molecule has 0 bridgehead atoms. The van der Waals surface area contributed by atoms with Crippen LogP contribution >= 0.6 is 0 Å². The minimum Gasteiger partial charge on any atom is -0.383 e. The van der Waals surface area contributed by atoms with Crippen LogP contribution in [0.4, 0.5) is 11.4 Å². The van der Waals surface area contributed by atoms with Gasteiger partial charge < -0.3 is 5.32 Å². The molecule has 1 aromatic rings. The number of nitro benzene ring substituents is 1. The van der Waals surface area contributed by atoms with E-state index in [0.717, 1.165) is 6.07 Å². The van der Waals surface area contributed by atoms with Crippen molar-refractivity contribution in [3.8, 4) is 0 Å². The molecule has 0 amide bonds. The third kappa shape index (κ3) is 2.22. The number of hydrogen-bond acceptors (Lipinski definition) is 5. The number of nitro groups is 1. The van der Waals surface area contributed by atoms with Crippen molar-refractivity contribution < 1.29 is 13.3 Å². The lowest BCUT2D eigenvalue weighted by Crippen LogP contribution is -2.15. The van der Waals surface area contributed by atoms with Gasteiger partial charge in [0, 0.05) is 7.05 Å². The molecule has 0 radical (unpaired) electrons. The summed E-state index contributed by atoms with van der Waals surface area (Å²) in [5, 5.41) is 18.1. The Balaban J connectivity index is 3.60. The van der Waals surface area contributed by atoms with Gasteiger partial charge in [0.15, 0.2) is 4.90 Å². The first-order valence-electron chi connectivity index (χ1n) is 3.86. The van der Waals surface area contributed by atoms with E-state index >= 15 is 0 Å². The fraction of sp³-hybridized carbons (Fsp3) is 0.143. The largest absolute Gasteiger partial charge is 0.383 e. The van der Waals surface area contributed by atoms with E-state index in [2.05, 4.69) is 5.32 Å². The van der Waals surface area contributed by atoms with Gasteiger partial charge in [0.05, 0.1) is 4.92 Å². The van der Waals surface area contributed by atoms with Crippen LogP contribution in [0.15, 0.2) is 23.1 Å². The number of rotatable bonds is 3. The predicted molar refractivity (Wildman–Crippen MR) is 54.0 cm³/mol. The van der Waals surface area contributed by atoms with Crippen molar-refractivity contribution in [1.29, 1.82) is 0 Å².